The van der Waals surface area contributed by atoms with Gasteiger partial charge in [-0.2, -0.15) is 0 Å². The number of hydrogen-bond donors (Lipinski definition) is 2. The molecule has 0 aliphatic carbocycles. The van der Waals surface area contributed by atoms with Crippen molar-refractivity contribution in [3.8, 4) is 11.8 Å². The summed E-state index contributed by atoms with van der Waals surface area (Å²) in [4.78, 5) is 14.1. The lowest BCUT2D eigenvalue weighted by molar-refractivity contribution is -0.0447. The molecule has 1 heterocycles. The van der Waals surface area contributed by atoms with Crippen LogP contribution < -0.4 is 0 Å². The summed E-state index contributed by atoms with van der Waals surface area (Å²) in [7, 11) is 0. The molecule has 1 saturated heterocycles. The highest BCUT2D eigenvalue weighted by Gasteiger charge is 2.24. The number of aliphatic hydroxyl groups excluding tert-OH is 2. The van der Waals surface area contributed by atoms with Crippen LogP contribution >= 0.6 is 0 Å². The van der Waals surface area contributed by atoms with Crippen LogP contribution in [0.15, 0.2) is 24.3 Å². The van der Waals surface area contributed by atoms with Crippen molar-refractivity contribution >= 4 is 5.91 Å². The second-order valence-corrected chi connectivity index (χ2v) is 4.78. The summed E-state index contributed by atoms with van der Waals surface area (Å²) >= 11 is 0. The van der Waals surface area contributed by atoms with Crippen molar-refractivity contribution < 1.29 is 19.7 Å². The Kier molecular flexibility index (Phi) is 5.76. The van der Waals surface area contributed by atoms with E-state index in [0.717, 1.165) is 5.56 Å². The number of carbonyl (C=O) groups is 1. The zero-order valence-corrected chi connectivity index (χ0v) is 11.8. The highest BCUT2D eigenvalue weighted by atomic mass is 16.5. The lowest BCUT2D eigenvalue weighted by atomic mass is 10.1. The van der Waals surface area contributed by atoms with Crippen LogP contribution in [0.1, 0.15) is 22.3 Å². The van der Waals surface area contributed by atoms with Gasteiger partial charge in [0.1, 0.15) is 0 Å². The number of nitrogens with zero attached hydrogens (tertiary/aromatic N) is 1. The second kappa shape index (κ2) is 7.79. The Labute approximate surface area is 124 Å². The van der Waals surface area contributed by atoms with E-state index < -0.39 is 0 Å². The quantitative estimate of drug-likeness (QED) is 0.783. The van der Waals surface area contributed by atoms with E-state index in [1.165, 1.54) is 0 Å². The summed E-state index contributed by atoms with van der Waals surface area (Å²) in [6.07, 6.45) is 0.107. The van der Waals surface area contributed by atoms with Crippen LogP contribution in [0, 0.1) is 11.8 Å². The van der Waals surface area contributed by atoms with E-state index in [1.54, 1.807) is 23.1 Å². The molecule has 1 aromatic carbocycles. The minimum Gasteiger partial charge on any atom is -0.395 e. The molecule has 0 radical (unpaired) electrons. The third kappa shape index (κ3) is 4.30. The molecule has 0 aromatic heterocycles. The highest BCUT2D eigenvalue weighted by molar-refractivity contribution is 5.94. The summed E-state index contributed by atoms with van der Waals surface area (Å²) in [5.41, 5.74) is 1.32. The average Bonchev–Trinajstić information content (AvgIpc) is 2.55. The lowest BCUT2D eigenvalue weighted by Gasteiger charge is -2.32. The number of amides is 1. The minimum absolute atomic E-state index is 0.0297. The van der Waals surface area contributed by atoms with Crippen molar-refractivity contribution in [1.29, 1.82) is 0 Å². The van der Waals surface area contributed by atoms with Gasteiger partial charge in [-0.25, -0.2) is 0 Å². The van der Waals surface area contributed by atoms with Gasteiger partial charge in [0, 0.05) is 30.6 Å². The Bertz CT molecular complexity index is 547. The predicted molar refractivity (Wildman–Crippen MR) is 77.8 cm³/mol. The van der Waals surface area contributed by atoms with Crippen molar-refractivity contribution in [3.05, 3.63) is 35.4 Å². The van der Waals surface area contributed by atoms with Crippen LogP contribution in [-0.4, -0.2) is 60.0 Å². The molecule has 1 unspecified atom stereocenters. The molecule has 112 valence electrons. The van der Waals surface area contributed by atoms with Crippen LogP contribution in [0.4, 0.5) is 0 Å². The normalized spacial score (nSPS) is 18.0. The molecule has 5 heteroatoms. The van der Waals surface area contributed by atoms with Gasteiger partial charge in [-0.15, -0.1) is 0 Å². The molecule has 1 aliphatic heterocycles. The molecule has 0 spiro atoms. The van der Waals surface area contributed by atoms with E-state index in [-0.39, 0.29) is 25.2 Å². The van der Waals surface area contributed by atoms with Gasteiger partial charge in [0.15, 0.2) is 0 Å². The summed E-state index contributed by atoms with van der Waals surface area (Å²) in [6, 6.07) is 7.12. The molecule has 1 aromatic rings. The zero-order chi connectivity index (χ0) is 15.1. The average molecular weight is 289 g/mol. The van der Waals surface area contributed by atoms with E-state index in [9.17, 15) is 4.79 Å². The van der Waals surface area contributed by atoms with E-state index in [0.29, 0.717) is 31.7 Å². The fourth-order valence-corrected chi connectivity index (χ4v) is 2.15. The largest absolute Gasteiger partial charge is 0.395 e. The first kappa shape index (κ1) is 15.5. The lowest BCUT2D eigenvalue weighted by Crippen LogP contribution is -2.46. The van der Waals surface area contributed by atoms with E-state index >= 15 is 0 Å². The Morgan fingerprint density at radius 2 is 2.29 bits per heavy atom. The van der Waals surface area contributed by atoms with Gasteiger partial charge in [0.25, 0.3) is 5.91 Å². The van der Waals surface area contributed by atoms with Gasteiger partial charge in [0.05, 0.1) is 25.9 Å². The molecular weight excluding hydrogens is 270 g/mol. The number of benzene rings is 1. The van der Waals surface area contributed by atoms with Crippen molar-refractivity contribution in [2.45, 2.75) is 12.5 Å². The van der Waals surface area contributed by atoms with Crippen LogP contribution in [0.5, 0.6) is 0 Å². The molecule has 1 amide bonds. The van der Waals surface area contributed by atoms with E-state index in [4.69, 9.17) is 14.9 Å². The van der Waals surface area contributed by atoms with Crippen LogP contribution in [0.25, 0.3) is 0 Å². The van der Waals surface area contributed by atoms with Gasteiger partial charge < -0.3 is 19.8 Å². The second-order valence-electron chi connectivity index (χ2n) is 4.78. The Morgan fingerprint density at radius 1 is 1.43 bits per heavy atom. The van der Waals surface area contributed by atoms with Gasteiger partial charge in [-0.3, -0.25) is 4.79 Å². The molecule has 0 saturated carbocycles. The molecule has 1 aliphatic rings. The van der Waals surface area contributed by atoms with Gasteiger partial charge in [0.2, 0.25) is 0 Å². The van der Waals surface area contributed by atoms with Gasteiger partial charge >= 0.3 is 0 Å². The van der Waals surface area contributed by atoms with E-state index in [2.05, 4.69) is 11.8 Å². The Morgan fingerprint density at radius 3 is 3.05 bits per heavy atom. The van der Waals surface area contributed by atoms with Crippen molar-refractivity contribution in [1.82, 2.24) is 4.90 Å². The first-order valence-electron chi connectivity index (χ1n) is 6.96. The fourth-order valence-electron chi connectivity index (χ4n) is 2.15. The maximum absolute atomic E-state index is 12.4. The number of carbonyl (C=O) groups excluding carboxylic acids is 1. The Balaban J connectivity index is 2.09. The first-order valence-corrected chi connectivity index (χ1v) is 6.96. The molecule has 2 rings (SSSR count). The number of morpholine rings is 1. The van der Waals surface area contributed by atoms with Crippen molar-refractivity contribution in [2.75, 3.05) is 32.9 Å². The zero-order valence-electron chi connectivity index (χ0n) is 11.8. The monoisotopic (exact) mass is 289 g/mol. The summed E-state index contributed by atoms with van der Waals surface area (Å²) in [6.45, 7) is 1.30. The predicted octanol–water partition coefficient (Wildman–Crippen LogP) is 0.254. The smallest absolute Gasteiger partial charge is 0.254 e. The Hall–Kier alpha value is -1.87. The molecular formula is C16H19NO4. The number of rotatable bonds is 3. The van der Waals surface area contributed by atoms with Crippen LogP contribution in [0.3, 0.4) is 0 Å². The maximum atomic E-state index is 12.4. The van der Waals surface area contributed by atoms with E-state index in [1.807, 2.05) is 6.07 Å². The van der Waals surface area contributed by atoms with Crippen molar-refractivity contribution in [3.63, 3.8) is 0 Å². The van der Waals surface area contributed by atoms with Gasteiger partial charge in [-0.05, 0) is 18.2 Å². The molecule has 21 heavy (non-hydrogen) atoms. The van der Waals surface area contributed by atoms with Crippen LogP contribution in [0.2, 0.25) is 0 Å². The number of aliphatic hydroxyl groups is 2. The summed E-state index contributed by atoms with van der Waals surface area (Å²) in [5, 5.41) is 17.8. The fraction of sp³-hybridized carbons (Fsp3) is 0.438. The minimum atomic E-state index is -0.310. The first-order chi connectivity index (χ1) is 10.2. The number of ether oxygens (including phenoxy) is 1. The SMILES string of the molecule is O=C(c1cccc(C#CCCO)c1)N1CCOC(CO)C1. The summed E-state index contributed by atoms with van der Waals surface area (Å²) in [5.74, 6) is 5.67. The summed E-state index contributed by atoms with van der Waals surface area (Å²) < 4.78 is 5.34. The highest BCUT2D eigenvalue weighted by Crippen LogP contribution is 2.12. The number of hydrogen-bond acceptors (Lipinski definition) is 4. The van der Waals surface area contributed by atoms with Crippen molar-refractivity contribution in [2.24, 2.45) is 0 Å². The third-order valence-electron chi connectivity index (χ3n) is 3.21. The maximum Gasteiger partial charge on any atom is 0.254 e. The molecule has 0 bridgehead atoms. The third-order valence-corrected chi connectivity index (χ3v) is 3.21. The van der Waals surface area contributed by atoms with Crippen LogP contribution in [-0.2, 0) is 4.74 Å². The molecule has 5 nitrogen and oxygen atoms in total. The van der Waals surface area contributed by atoms with Gasteiger partial charge in [-0.1, -0.05) is 17.9 Å². The molecule has 1 atom stereocenters. The standard InChI is InChI=1S/C16H19NO4/c18-8-2-1-4-13-5-3-6-14(10-13)16(20)17-7-9-21-15(11-17)12-19/h3,5-6,10,15,18-19H,2,7-9,11-12H2. The molecule has 2 N–H and O–H groups in total. The topological polar surface area (TPSA) is 70.0 Å². The molecule has 1 fully saturated rings.